The fourth-order valence-electron chi connectivity index (χ4n) is 3.27. The Bertz CT molecular complexity index is 509. The summed E-state index contributed by atoms with van der Waals surface area (Å²) in [7, 11) is 0. The Morgan fingerprint density at radius 2 is 1.55 bits per heavy atom. The van der Waals surface area contributed by atoms with E-state index in [9.17, 15) is 14.4 Å². The zero-order valence-electron chi connectivity index (χ0n) is 18.6. The van der Waals surface area contributed by atoms with Gasteiger partial charge in [0.05, 0.1) is 6.61 Å². The first-order valence-electron chi connectivity index (χ1n) is 11.3. The average molecular weight is 413 g/mol. The molecule has 0 spiro atoms. The van der Waals surface area contributed by atoms with Gasteiger partial charge in [-0.3, -0.25) is 9.59 Å². The number of nitrogens with one attached hydrogen (secondary N) is 2. The number of esters is 1. The van der Waals surface area contributed by atoms with Crippen molar-refractivity contribution in [1.29, 1.82) is 0 Å². The Morgan fingerprint density at radius 1 is 0.931 bits per heavy atom. The Balaban J connectivity index is 2.30. The van der Waals surface area contributed by atoms with E-state index in [0.717, 1.165) is 12.8 Å². The lowest BCUT2D eigenvalue weighted by Gasteiger charge is -2.20. The average Bonchev–Trinajstić information content (AvgIpc) is 3.47. The van der Waals surface area contributed by atoms with Gasteiger partial charge in [-0.25, -0.2) is 4.79 Å². The van der Waals surface area contributed by atoms with Crippen LogP contribution in [0.4, 0.5) is 0 Å². The van der Waals surface area contributed by atoms with Crippen LogP contribution in [0.1, 0.15) is 85.5 Å². The summed E-state index contributed by atoms with van der Waals surface area (Å²) in [6, 6.07) is -0.622. The van der Waals surface area contributed by atoms with E-state index in [2.05, 4.69) is 17.6 Å². The van der Waals surface area contributed by atoms with Gasteiger partial charge in [-0.15, -0.1) is 0 Å². The largest absolute Gasteiger partial charge is 0.464 e. The van der Waals surface area contributed by atoms with Crippen molar-refractivity contribution in [1.82, 2.24) is 10.6 Å². The molecule has 0 aromatic rings. The van der Waals surface area contributed by atoms with E-state index in [4.69, 9.17) is 9.47 Å². The van der Waals surface area contributed by atoms with Gasteiger partial charge in [0, 0.05) is 6.54 Å². The molecule has 3 atom stereocenters. The molecular weight excluding hydrogens is 372 g/mol. The van der Waals surface area contributed by atoms with Crippen LogP contribution < -0.4 is 10.6 Å². The van der Waals surface area contributed by atoms with Crippen LogP contribution in [0.2, 0.25) is 0 Å². The number of epoxide rings is 1. The first kappa shape index (κ1) is 25.4. The summed E-state index contributed by atoms with van der Waals surface area (Å²) < 4.78 is 9.97. The topological polar surface area (TPSA) is 97.0 Å². The number of rotatable bonds is 16. The van der Waals surface area contributed by atoms with Gasteiger partial charge in [0.15, 0.2) is 12.2 Å². The van der Waals surface area contributed by atoms with Gasteiger partial charge in [-0.05, 0) is 25.7 Å². The van der Waals surface area contributed by atoms with Gasteiger partial charge in [0.25, 0.3) is 5.91 Å². The van der Waals surface area contributed by atoms with Crippen molar-refractivity contribution in [3.05, 3.63) is 0 Å². The third-order valence-electron chi connectivity index (χ3n) is 4.94. The molecule has 0 bridgehead atoms. The fraction of sp³-hybridized carbons (Fsp3) is 0.864. The van der Waals surface area contributed by atoms with E-state index in [1.807, 2.05) is 13.8 Å². The molecule has 7 nitrogen and oxygen atoms in total. The van der Waals surface area contributed by atoms with Gasteiger partial charge in [-0.1, -0.05) is 65.7 Å². The second-order valence-electron chi connectivity index (χ2n) is 8.19. The minimum absolute atomic E-state index is 0.177. The first-order chi connectivity index (χ1) is 13.9. The summed E-state index contributed by atoms with van der Waals surface area (Å²) in [6.07, 6.45) is 8.49. The van der Waals surface area contributed by atoms with Crippen molar-refractivity contribution < 1.29 is 23.9 Å². The third-order valence-corrected chi connectivity index (χ3v) is 4.94. The molecule has 0 saturated carbocycles. The van der Waals surface area contributed by atoms with Crippen molar-refractivity contribution in [3.63, 3.8) is 0 Å². The lowest BCUT2D eigenvalue weighted by molar-refractivity contribution is -0.144. The zero-order valence-corrected chi connectivity index (χ0v) is 18.6. The molecule has 7 heteroatoms. The second kappa shape index (κ2) is 14.4. The van der Waals surface area contributed by atoms with Gasteiger partial charge in [0.1, 0.15) is 6.04 Å². The van der Waals surface area contributed by atoms with Crippen molar-refractivity contribution in [2.75, 3.05) is 13.2 Å². The summed E-state index contributed by atoms with van der Waals surface area (Å²) in [5.41, 5.74) is 0. The van der Waals surface area contributed by atoms with Crippen molar-refractivity contribution in [2.45, 2.75) is 104 Å². The van der Waals surface area contributed by atoms with Crippen LogP contribution in [-0.4, -0.2) is 49.2 Å². The number of unbranched alkanes of at least 4 members (excludes halogenated alkanes) is 7. The van der Waals surface area contributed by atoms with E-state index in [1.54, 1.807) is 6.92 Å². The summed E-state index contributed by atoms with van der Waals surface area (Å²) in [6.45, 7) is 8.77. The number of hydrogen-bond acceptors (Lipinski definition) is 5. The summed E-state index contributed by atoms with van der Waals surface area (Å²) >= 11 is 0. The fourth-order valence-corrected chi connectivity index (χ4v) is 3.27. The Hall–Kier alpha value is -1.63. The van der Waals surface area contributed by atoms with Gasteiger partial charge in [-0.2, -0.15) is 0 Å². The highest BCUT2D eigenvalue weighted by Crippen LogP contribution is 2.24. The molecule has 1 aliphatic rings. The molecule has 0 unspecified atom stereocenters. The molecule has 2 N–H and O–H groups in total. The molecule has 1 heterocycles. The molecule has 0 aromatic heterocycles. The Labute approximate surface area is 175 Å². The Morgan fingerprint density at radius 3 is 2.14 bits per heavy atom. The van der Waals surface area contributed by atoms with Gasteiger partial charge < -0.3 is 20.1 Å². The number of ether oxygens (including phenoxy) is 2. The third kappa shape index (κ3) is 10.6. The van der Waals surface area contributed by atoms with Crippen molar-refractivity contribution >= 4 is 17.8 Å². The molecule has 0 aliphatic carbocycles. The Kier molecular flexibility index (Phi) is 12.6. The summed E-state index contributed by atoms with van der Waals surface area (Å²) in [5.74, 6) is -0.901. The SMILES string of the molecule is CCCCCCCCCCNC(=O)[C@H](CC(C)C)NC(=O)[C@H]1O[C@@H]1C(=O)OCC. The van der Waals surface area contributed by atoms with Gasteiger partial charge in [0.2, 0.25) is 5.91 Å². The van der Waals surface area contributed by atoms with E-state index in [0.29, 0.717) is 13.0 Å². The molecule has 2 amide bonds. The smallest absolute Gasteiger partial charge is 0.338 e. The second-order valence-corrected chi connectivity index (χ2v) is 8.19. The monoisotopic (exact) mass is 412 g/mol. The molecule has 0 aromatic carbocycles. The molecule has 0 radical (unpaired) electrons. The highest BCUT2D eigenvalue weighted by molar-refractivity contribution is 5.95. The summed E-state index contributed by atoms with van der Waals surface area (Å²) in [5, 5.41) is 5.67. The number of carbonyl (C=O) groups excluding carboxylic acids is 3. The molecule has 1 fully saturated rings. The maximum atomic E-state index is 12.5. The van der Waals surface area contributed by atoms with Crippen LogP contribution in [0.15, 0.2) is 0 Å². The normalized spacial score (nSPS) is 18.9. The molecule has 1 rings (SSSR count). The number of carbonyl (C=O) groups is 3. The molecule has 1 saturated heterocycles. The van der Waals surface area contributed by atoms with Crippen LogP contribution >= 0.6 is 0 Å². The van der Waals surface area contributed by atoms with Crippen LogP contribution in [0.25, 0.3) is 0 Å². The maximum absolute atomic E-state index is 12.5. The van der Waals surface area contributed by atoms with E-state index >= 15 is 0 Å². The van der Waals surface area contributed by atoms with Crippen molar-refractivity contribution in [3.8, 4) is 0 Å². The van der Waals surface area contributed by atoms with E-state index < -0.39 is 30.1 Å². The first-order valence-corrected chi connectivity index (χ1v) is 11.3. The minimum Gasteiger partial charge on any atom is -0.464 e. The highest BCUT2D eigenvalue weighted by Gasteiger charge is 2.52. The standard InChI is InChI=1S/C22H40N2O5/c1-5-7-8-9-10-11-12-13-14-23-20(25)17(15-16(3)4)24-21(26)18-19(29-18)22(27)28-6-2/h16-19H,5-15H2,1-4H3,(H,23,25)(H,24,26)/t17-,18-,19-/m0/s1. The number of amides is 2. The van der Waals surface area contributed by atoms with Crippen LogP contribution in [0.3, 0.4) is 0 Å². The predicted molar refractivity (Wildman–Crippen MR) is 112 cm³/mol. The maximum Gasteiger partial charge on any atom is 0.338 e. The van der Waals surface area contributed by atoms with E-state index in [1.165, 1.54) is 38.5 Å². The summed E-state index contributed by atoms with van der Waals surface area (Å²) in [4.78, 5) is 36.5. The van der Waals surface area contributed by atoms with Crippen molar-refractivity contribution in [2.24, 2.45) is 5.92 Å². The quantitative estimate of drug-likeness (QED) is 0.231. The van der Waals surface area contributed by atoms with E-state index in [-0.39, 0.29) is 18.4 Å². The number of hydrogen-bond donors (Lipinski definition) is 2. The molecular formula is C22H40N2O5. The molecule has 29 heavy (non-hydrogen) atoms. The minimum atomic E-state index is -0.857. The van der Waals surface area contributed by atoms with Crippen LogP contribution in [0.5, 0.6) is 0 Å². The molecule has 1 aliphatic heterocycles. The molecule has 168 valence electrons. The van der Waals surface area contributed by atoms with Crippen LogP contribution in [-0.2, 0) is 23.9 Å². The van der Waals surface area contributed by atoms with Gasteiger partial charge >= 0.3 is 5.97 Å². The predicted octanol–water partition coefficient (Wildman–Crippen LogP) is 3.10. The lowest BCUT2D eigenvalue weighted by Crippen LogP contribution is -2.49. The lowest BCUT2D eigenvalue weighted by atomic mass is 10.0. The zero-order chi connectivity index (χ0) is 21.6. The highest BCUT2D eigenvalue weighted by atomic mass is 16.6. The van der Waals surface area contributed by atoms with Crippen LogP contribution in [0, 0.1) is 5.92 Å².